The summed E-state index contributed by atoms with van der Waals surface area (Å²) in [5.41, 5.74) is 1.13. The molecule has 0 heterocycles. The van der Waals surface area contributed by atoms with Crippen LogP contribution in [0.5, 0.6) is 0 Å². The number of nitrogens with zero attached hydrogens (tertiary/aromatic N) is 1. The molecular weight excluding hydrogens is 322 g/mol. The molecule has 0 N–H and O–H groups in total. The highest BCUT2D eigenvalue weighted by molar-refractivity contribution is 6.33. The van der Waals surface area contributed by atoms with E-state index in [4.69, 9.17) is 16.3 Å². The van der Waals surface area contributed by atoms with Gasteiger partial charge >= 0.3 is 5.97 Å². The van der Waals surface area contributed by atoms with Crippen molar-refractivity contribution < 1.29 is 19.2 Å². The summed E-state index contributed by atoms with van der Waals surface area (Å²) < 4.78 is 5.12. The SMILES string of the molecule is CC(=O)c1ccc(COC(=O)c2ccc([N+](=O)[O-])cc2Cl)cc1. The van der Waals surface area contributed by atoms with Crippen molar-refractivity contribution in [3.8, 4) is 0 Å². The molecule has 0 saturated heterocycles. The molecule has 7 heteroatoms. The van der Waals surface area contributed by atoms with Gasteiger partial charge in [0.15, 0.2) is 5.78 Å². The Hall–Kier alpha value is -2.73. The van der Waals surface area contributed by atoms with Gasteiger partial charge < -0.3 is 4.74 Å². The zero-order chi connectivity index (χ0) is 17.0. The van der Waals surface area contributed by atoms with Gasteiger partial charge in [-0.15, -0.1) is 0 Å². The van der Waals surface area contributed by atoms with Crippen LogP contribution in [0.25, 0.3) is 0 Å². The Bertz CT molecular complexity index is 771. The number of ketones is 1. The minimum absolute atomic E-state index is 0.00430. The summed E-state index contributed by atoms with van der Waals surface area (Å²) in [6.07, 6.45) is 0. The fourth-order valence-corrected chi connectivity index (χ4v) is 2.10. The number of ether oxygens (including phenoxy) is 1. The van der Waals surface area contributed by atoms with Crippen LogP contribution in [0.2, 0.25) is 5.02 Å². The topological polar surface area (TPSA) is 86.5 Å². The number of esters is 1. The lowest BCUT2D eigenvalue weighted by molar-refractivity contribution is -0.384. The largest absolute Gasteiger partial charge is 0.457 e. The monoisotopic (exact) mass is 333 g/mol. The maximum absolute atomic E-state index is 12.0. The summed E-state index contributed by atoms with van der Waals surface area (Å²) in [7, 11) is 0. The zero-order valence-corrected chi connectivity index (χ0v) is 12.9. The number of benzene rings is 2. The number of hydrogen-bond donors (Lipinski definition) is 0. The van der Waals surface area contributed by atoms with E-state index in [0.717, 1.165) is 6.07 Å². The van der Waals surface area contributed by atoms with Gasteiger partial charge in [-0.05, 0) is 18.6 Å². The van der Waals surface area contributed by atoms with Crippen LogP contribution in [-0.4, -0.2) is 16.7 Å². The van der Waals surface area contributed by atoms with Gasteiger partial charge in [0, 0.05) is 17.7 Å². The number of halogens is 1. The third kappa shape index (κ3) is 4.14. The van der Waals surface area contributed by atoms with Gasteiger partial charge in [-0.1, -0.05) is 35.9 Å². The Morgan fingerprint density at radius 3 is 2.35 bits per heavy atom. The molecule has 0 spiro atoms. The minimum Gasteiger partial charge on any atom is -0.457 e. The average Bonchev–Trinajstić information content (AvgIpc) is 2.52. The first-order valence-corrected chi connectivity index (χ1v) is 6.97. The van der Waals surface area contributed by atoms with Crippen molar-refractivity contribution in [1.29, 1.82) is 0 Å². The van der Waals surface area contributed by atoms with Gasteiger partial charge in [0.1, 0.15) is 6.61 Å². The fraction of sp³-hybridized carbons (Fsp3) is 0.125. The second-order valence-corrected chi connectivity index (χ2v) is 5.16. The molecule has 0 fully saturated rings. The Kier molecular flexibility index (Phi) is 5.08. The van der Waals surface area contributed by atoms with Crippen LogP contribution in [0.1, 0.15) is 33.2 Å². The van der Waals surface area contributed by atoms with Crippen LogP contribution in [0.3, 0.4) is 0 Å². The second kappa shape index (κ2) is 7.02. The molecule has 0 aromatic heterocycles. The molecule has 2 aromatic carbocycles. The average molecular weight is 334 g/mol. The standard InChI is InChI=1S/C16H12ClNO5/c1-10(19)12-4-2-11(3-5-12)9-23-16(20)14-7-6-13(18(21)22)8-15(14)17/h2-8H,9H2,1H3. The Balaban J connectivity index is 2.04. The highest BCUT2D eigenvalue weighted by Gasteiger charge is 2.16. The Morgan fingerprint density at radius 1 is 1.17 bits per heavy atom. The van der Waals surface area contributed by atoms with Gasteiger partial charge in [0.2, 0.25) is 0 Å². The summed E-state index contributed by atoms with van der Waals surface area (Å²) in [6, 6.07) is 10.2. The number of hydrogen-bond acceptors (Lipinski definition) is 5. The van der Waals surface area contributed by atoms with Crippen LogP contribution in [-0.2, 0) is 11.3 Å². The van der Waals surface area contributed by atoms with Crippen molar-refractivity contribution in [2.75, 3.05) is 0 Å². The molecule has 6 nitrogen and oxygen atoms in total. The van der Waals surface area contributed by atoms with Gasteiger partial charge in [0.25, 0.3) is 5.69 Å². The minimum atomic E-state index is -0.680. The number of non-ortho nitro benzene ring substituents is 1. The number of nitro benzene ring substituents is 1. The number of rotatable bonds is 5. The maximum atomic E-state index is 12.0. The molecule has 2 aromatic rings. The summed E-state index contributed by atoms with van der Waals surface area (Å²) in [6.45, 7) is 1.47. The predicted molar refractivity (Wildman–Crippen MR) is 83.7 cm³/mol. The summed E-state index contributed by atoms with van der Waals surface area (Å²) in [5.74, 6) is -0.730. The first-order valence-electron chi connectivity index (χ1n) is 6.59. The van der Waals surface area contributed by atoms with Crippen molar-refractivity contribution >= 4 is 29.0 Å². The number of carbonyl (C=O) groups excluding carboxylic acids is 2. The van der Waals surface area contributed by atoms with Gasteiger partial charge in [-0.2, -0.15) is 0 Å². The van der Waals surface area contributed by atoms with Crippen LogP contribution in [0.15, 0.2) is 42.5 Å². The third-order valence-corrected chi connectivity index (χ3v) is 3.43. The summed E-state index contributed by atoms with van der Waals surface area (Å²) in [5, 5.41) is 10.6. The predicted octanol–water partition coefficient (Wildman–Crippen LogP) is 3.81. The molecule has 0 saturated carbocycles. The molecule has 0 atom stereocenters. The molecule has 0 aliphatic rings. The molecule has 0 unspecified atom stereocenters. The van der Waals surface area contributed by atoms with E-state index in [1.807, 2.05) is 0 Å². The second-order valence-electron chi connectivity index (χ2n) is 4.75. The molecule has 23 heavy (non-hydrogen) atoms. The van der Waals surface area contributed by atoms with E-state index >= 15 is 0 Å². The van der Waals surface area contributed by atoms with Crippen LogP contribution in [0, 0.1) is 10.1 Å². The molecule has 0 radical (unpaired) electrons. The molecule has 0 aliphatic heterocycles. The Morgan fingerprint density at radius 2 is 1.83 bits per heavy atom. The Labute approximate surface area is 136 Å². The first kappa shape index (κ1) is 16.6. The van der Waals surface area contributed by atoms with Crippen LogP contribution in [0.4, 0.5) is 5.69 Å². The van der Waals surface area contributed by atoms with Crippen LogP contribution < -0.4 is 0 Å². The highest BCUT2D eigenvalue weighted by atomic mass is 35.5. The molecule has 2 rings (SSSR count). The fourth-order valence-electron chi connectivity index (χ4n) is 1.85. The normalized spacial score (nSPS) is 10.2. The molecule has 118 valence electrons. The zero-order valence-electron chi connectivity index (χ0n) is 12.1. The van der Waals surface area contributed by atoms with E-state index in [1.54, 1.807) is 24.3 Å². The van der Waals surface area contributed by atoms with Crippen molar-refractivity contribution in [2.45, 2.75) is 13.5 Å². The highest BCUT2D eigenvalue weighted by Crippen LogP contribution is 2.23. The lowest BCUT2D eigenvalue weighted by atomic mass is 10.1. The number of Topliss-reactive ketones (excluding diaryl/α,β-unsaturated/α-hetero) is 1. The molecule has 0 aliphatic carbocycles. The smallest absolute Gasteiger partial charge is 0.339 e. The van der Waals surface area contributed by atoms with E-state index in [-0.39, 0.29) is 28.7 Å². The number of carbonyl (C=O) groups is 2. The third-order valence-electron chi connectivity index (χ3n) is 3.11. The lowest BCUT2D eigenvalue weighted by Gasteiger charge is -2.07. The van der Waals surface area contributed by atoms with Crippen molar-refractivity contribution in [3.05, 3.63) is 74.3 Å². The maximum Gasteiger partial charge on any atom is 0.339 e. The molecule has 0 bridgehead atoms. The first-order chi connectivity index (χ1) is 10.9. The summed E-state index contributed by atoms with van der Waals surface area (Å²) >= 11 is 5.86. The van der Waals surface area contributed by atoms with E-state index in [1.165, 1.54) is 19.1 Å². The van der Waals surface area contributed by atoms with E-state index in [0.29, 0.717) is 11.1 Å². The van der Waals surface area contributed by atoms with Gasteiger partial charge in [-0.3, -0.25) is 14.9 Å². The summed E-state index contributed by atoms with van der Waals surface area (Å²) in [4.78, 5) is 33.2. The van der Waals surface area contributed by atoms with E-state index in [2.05, 4.69) is 0 Å². The van der Waals surface area contributed by atoms with Crippen molar-refractivity contribution in [3.63, 3.8) is 0 Å². The molecule has 0 amide bonds. The number of nitro groups is 1. The lowest BCUT2D eigenvalue weighted by Crippen LogP contribution is -2.06. The quantitative estimate of drug-likeness (QED) is 0.359. The van der Waals surface area contributed by atoms with E-state index in [9.17, 15) is 19.7 Å². The van der Waals surface area contributed by atoms with Crippen molar-refractivity contribution in [2.24, 2.45) is 0 Å². The van der Waals surface area contributed by atoms with Crippen LogP contribution >= 0.6 is 11.6 Å². The van der Waals surface area contributed by atoms with Crippen molar-refractivity contribution in [1.82, 2.24) is 0 Å². The van der Waals surface area contributed by atoms with E-state index < -0.39 is 10.9 Å². The van der Waals surface area contributed by atoms with Gasteiger partial charge in [-0.25, -0.2) is 4.79 Å². The molecular formula is C16H12ClNO5. The van der Waals surface area contributed by atoms with Gasteiger partial charge in [0.05, 0.1) is 15.5 Å².